The molecule has 0 saturated carbocycles. The summed E-state index contributed by atoms with van der Waals surface area (Å²) in [5.74, 6) is 0.452. The van der Waals surface area contributed by atoms with Crippen LogP contribution in [0.15, 0.2) is 24.3 Å². The molecule has 0 aliphatic carbocycles. The van der Waals surface area contributed by atoms with Crippen molar-refractivity contribution in [1.29, 1.82) is 0 Å². The van der Waals surface area contributed by atoms with Crippen LogP contribution in [0.4, 0.5) is 0 Å². The summed E-state index contributed by atoms with van der Waals surface area (Å²) in [5, 5.41) is 0.905. The van der Waals surface area contributed by atoms with E-state index in [1.54, 1.807) is 0 Å². The molecular formula is C9H11OP. The Kier molecular flexibility index (Phi) is 2.78. The summed E-state index contributed by atoms with van der Waals surface area (Å²) in [4.78, 5) is 0. The molecule has 1 aromatic rings. The van der Waals surface area contributed by atoms with Crippen LogP contribution in [0.1, 0.15) is 25.3 Å². The highest BCUT2D eigenvalue weighted by molar-refractivity contribution is 7.34. The molecule has 1 rings (SSSR count). The molecule has 1 nitrogen and oxygen atoms in total. The molecule has 0 heterocycles. The van der Waals surface area contributed by atoms with Crippen LogP contribution < -0.4 is 5.30 Å². The lowest BCUT2D eigenvalue weighted by atomic mass is 10.0. The zero-order chi connectivity index (χ0) is 8.27. The summed E-state index contributed by atoms with van der Waals surface area (Å²) >= 11 is 0. The van der Waals surface area contributed by atoms with Gasteiger partial charge in [0.25, 0.3) is 0 Å². The monoisotopic (exact) mass is 166 g/mol. The minimum absolute atomic E-state index is 0.123. The van der Waals surface area contributed by atoms with E-state index in [2.05, 4.69) is 13.8 Å². The minimum Gasteiger partial charge on any atom is -0.269 e. The van der Waals surface area contributed by atoms with Gasteiger partial charge in [-0.1, -0.05) is 32.0 Å². The summed E-state index contributed by atoms with van der Waals surface area (Å²) in [6.07, 6.45) is 0. The molecular weight excluding hydrogens is 155 g/mol. The number of rotatable bonds is 2. The van der Waals surface area contributed by atoms with Gasteiger partial charge in [0, 0.05) is 5.30 Å². The van der Waals surface area contributed by atoms with Gasteiger partial charge in [-0.05, 0) is 17.5 Å². The fraction of sp³-hybridized carbons (Fsp3) is 0.333. The Balaban J connectivity index is 3.12. The van der Waals surface area contributed by atoms with Crippen molar-refractivity contribution in [3.05, 3.63) is 29.8 Å². The van der Waals surface area contributed by atoms with E-state index in [0.717, 1.165) is 5.30 Å². The van der Waals surface area contributed by atoms with Gasteiger partial charge in [-0.3, -0.25) is 4.57 Å². The Morgan fingerprint density at radius 2 is 1.91 bits per heavy atom. The zero-order valence-electron chi connectivity index (χ0n) is 6.74. The molecule has 11 heavy (non-hydrogen) atoms. The smallest absolute Gasteiger partial charge is 0.192 e. The van der Waals surface area contributed by atoms with Gasteiger partial charge in [0.15, 0.2) is 8.46 Å². The van der Waals surface area contributed by atoms with Crippen molar-refractivity contribution in [2.45, 2.75) is 19.8 Å². The predicted molar refractivity (Wildman–Crippen MR) is 47.8 cm³/mol. The van der Waals surface area contributed by atoms with E-state index in [1.165, 1.54) is 5.56 Å². The molecule has 0 saturated heterocycles. The number of benzene rings is 1. The minimum atomic E-state index is 0.123. The molecule has 0 radical (unpaired) electrons. The van der Waals surface area contributed by atoms with E-state index < -0.39 is 0 Å². The Hall–Kier alpha value is -0.680. The lowest BCUT2D eigenvalue weighted by molar-refractivity contribution is 0.603. The Labute approximate surface area is 68.6 Å². The lowest BCUT2D eigenvalue weighted by Gasteiger charge is -2.05. The first-order valence-electron chi connectivity index (χ1n) is 3.68. The van der Waals surface area contributed by atoms with Crippen LogP contribution >= 0.6 is 8.46 Å². The molecule has 2 heteroatoms. The third-order valence-electron chi connectivity index (χ3n) is 1.66. The number of hydrogen-bond donors (Lipinski definition) is 0. The van der Waals surface area contributed by atoms with Gasteiger partial charge in [-0.15, -0.1) is 0 Å². The first-order valence-corrected chi connectivity index (χ1v) is 4.49. The van der Waals surface area contributed by atoms with E-state index in [4.69, 9.17) is 0 Å². The molecule has 0 atom stereocenters. The van der Waals surface area contributed by atoms with Gasteiger partial charge >= 0.3 is 0 Å². The normalized spacial score (nSPS) is 10.8. The summed E-state index contributed by atoms with van der Waals surface area (Å²) in [6.45, 7) is 4.20. The quantitative estimate of drug-likeness (QED) is 0.617. The number of hydrogen-bond acceptors (Lipinski definition) is 1. The maximum absolute atomic E-state index is 10.6. The van der Waals surface area contributed by atoms with Crippen LogP contribution in [-0.4, -0.2) is 0 Å². The fourth-order valence-electron chi connectivity index (χ4n) is 1.06. The summed E-state index contributed by atoms with van der Waals surface area (Å²) in [5.41, 5.74) is 1.17. The second-order valence-electron chi connectivity index (χ2n) is 2.80. The summed E-state index contributed by atoms with van der Waals surface area (Å²) in [7, 11) is 0.123. The van der Waals surface area contributed by atoms with Gasteiger partial charge < -0.3 is 0 Å². The van der Waals surface area contributed by atoms with Gasteiger partial charge in [-0.25, -0.2) is 0 Å². The molecule has 0 aromatic heterocycles. The maximum atomic E-state index is 10.6. The van der Waals surface area contributed by atoms with Crippen LogP contribution in [0.5, 0.6) is 0 Å². The standard InChI is InChI=1S/C9H11OP/c1-7(2)8-5-3-4-6-9(8)11-10/h3-7H,1-2H3. The highest BCUT2D eigenvalue weighted by Crippen LogP contribution is 2.14. The van der Waals surface area contributed by atoms with Crippen LogP contribution in [0, 0.1) is 0 Å². The van der Waals surface area contributed by atoms with E-state index >= 15 is 0 Å². The van der Waals surface area contributed by atoms with E-state index in [9.17, 15) is 4.57 Å². The van der Waals surface area contributed by atoms with Crippen molar-refractivity contribution in [1.82, 2.24) is 0 Å². The van der Waals surface area contributed by atoms with Gasteiger partial charge in [0.05, 0.1) is 0 Å². The second kappa shape index (κ2) is 3.64. The molecule has 0 fully saturated rings. The zero-order valence-corrected chi connectivity index (χ0v) is 7.64. The first-order chi connectivity index (χ1) is 5.25. The topological polar surface area (TPSA) is 17.1 Å². The van der Waals surface area contributed by atoms with Crippen molar-refractivity contribution in [2.75, 3.05) is 0 Å². The van der Waals surface area contributed by atoms with Crippen LogP contribution in [0.25, 0.3) is 0 Å². The third-order valence-corrected chi connectivity index (χ3v) is 2.26. The molecule has 0 N–H and O–H groups in total. The predicted octanol–water partition coefficient (Wildman–Crippen LogP) is 2.73. The van der Waals surface area contributed by atoms with E-state index in [-0.39, 0.29) is 8.46 Å². The summed E-state index contributed by atoms with van der Waals surface area (Å²) in [6, 6.07) is 7.80. The van der Waals surface area contributed by atoms with Crippen molar-refractivity contribution < 1.29 is 4.57 Å². The molecule has 0 unspecified atom stereocenters. The van der Waals surface area contributed by atoms with Crippen LogP contribution in [0.2, 0.25) is 0 Å². The second-order valence-corrected chi connectivity index (χ2v) is 3.47. The average molecular weight is 166 g/mol. The maximum Gasteiger partial charge on any atom is 0.192 e. The molecule has 0 spiro atoms. The van der Waals surface area contributed by atoms with E-state index in [1.807, 2.05) is 24.3 Å². The molecule has 1 aromatic carbocycles. The third kappa shape index (κ3) is 1.87. The lowest BCUT2D eigenvalue weighted by Crippen LogP contribution is -2.02. The SMILES string of the molecule is CC(C)c1ccccc1P=O. The fourth-order valence-corrected chi connectivity index (χ4v) is 1.64. The van der Waals surface area contributed by atoms with Crippen LogP contribution in [-0.2, 0) is 4.57 Å². The Bertz CT molecular complexity index is 255. The molecule has 0 aliphatic rings. The highest BCUT2D eigenvalue weighted by atomic mass is 31.1. The summed E-state index contributed by atoms with van der Waals surface area (Å²) < 4.78 is 10.6. The van der Waals surface area contributed by atoms with Crippen LogP contribution in [0.3, 0.4) is 0 Å². The van der Waals surface area contributed by atoms with E-state index in [0.29, 0.717) is 5.92 Å². The Morgan fingerprint density at radius 1 is 1.27 bits per heavy atom. The van der Waals surface area contributed by atoms with Crippen molar-refractivity contribution >= 4 is 13.8 Å². The molecule has 0 bridgehead atoms. The van der Waals surface area contributed by atoms with Crippen molar-refractivity contribution in [2.24, 2.45) is 0 Å². The first kappa shape index (κ1) is 8.42. The van der Waals surface area contributed by atoms with Crippen molar-refractivity contribution in [3.63, 3.8) is 0 Å². The molecule has 58 valence electrons. The largest absolute Gasteiger partial charge is 0.269 e. The molecule has 0 aliphatic heterocycles. The van der Waals surface area contributed by atoms with Crippen molar-refractivity contribution in [3.8, 4) is 0 Å². The molecule has 0 amide bonds. The Morgan fingerprint density at radius 3 is 2.36 bits per heavy atom. The van der Waals surface area contributed by atoms with Gasteiger partial charge in [0.2, 0.25) is 0 Å². The van der Waals surface area contributed by atoms with Gasteiger partial charge in [0.1, 0.15) is 0 Å². The van der Waals surface area contributed by atoms with Gasteiger partial charge in [-0.2, -0.15) is 0 Å². The highest BCUT2D eigenvalue weighted by Gasteiger charge is 2.03. The average Bonchev–Trinajstić information content (AvgIpc) is 2.04.